The minimum absolute atomic E-state index is 0.235. The van der Waals surface area contributed by atoms with Crippen LogP contribution in [0.25, 0.3) is 6.08 Å². The maximum Gasteiger partial charge on any atom is 0.358 e. The minimum atomic E-state index is -0.412. The van der Waals surface area contributed by atoms with Crippen LogP contribution < -0.4 is 0 Å². The van der Waals surface area contributed by atoms with Crippen LogP contribution in [0.4, 0.5) is 0 Å². The Morgan fingerprint density at radius 3 is 2.70 bits per heavy atom. The molecule has 0 fully saturated rings. The van der Waals surface area contributed by atoms with Crippen molar-refractivity contribution in [1.29, 1.82) is 0 Å². The first-order chi connectivity index (χ1) is 12.8. The van der Waals surface area contributed by atoms with Gasteiger partial charge in [-0.25, -0.2) is 9.78 Å². The summed E-state index contributed by atoms with van der Waals surface area (Å²) in [6.45, 7) is 11.4. The molecular weight excluding hydrogens is 336 g/mol. The zero-order valence-electron chi connectivity index (χ0n) is 17.3. The summed E-state index contributed by atoms with van der Waals surface area (Å²) in [7, 11) is 0. The summed E-state index contributed by atoms with van der Waals surface area (Å²) < 4.78 is 5.15. The lowest BCUT2D eigenvalue weighted by Crippen LogP contribution is -2.19. The van der Waals surface area contributed by atoms with Gasteiger partial charge in [-0.2, -0.15) is 0 Å². The van der Waals surface area contributed by atoms with Crippen molar-refractivity contribution in [2.24, 2.45) is 5.41 Å². The van der Waals surface area contributed by atoms with E-state index in [4.69, 9.17) is 4.74 Å². The molecule has 146 valence electrons. The highest BCUT2D eigenvalue weighted by Crippen LogP contribution is 2.40. The van der Waals surface area contributed by atoms with Gasteiger partial charge in [-0.05, 0) is 62.2 Å². The first-order valence-electron chi connectivity index (χ1n) is 9.89. The molecule has 0 saturated heterocycles. The molecule has 0 saturated carbocycles. The molecular formula is C23H32N2O2. The molecule has 0 unspecified atom stereocenters. The van der Waals surface area contributed by atoms with Gasteiger partial charge in [0.05, 0.1) is 24.7 Å². The number of hydrogen-bond donors (Lipinski definition) is 0. The van der Waals surface area contributed by atoms with Crippen LogP contribution in [0.5, 0.6) is 0 Å². The second kappa shape index (κ2) is 9.63. The van der Waals surface area contributed by atoms with Crippen molar-refractivity contribution in [3.05, 3.63) is 52.7 Å². The normalized spacial score (nSPS) is 17.4. The van der Waals surface area contributed by atoms with E-state index in [0.717, 1.165) is 24.1 Å². The lowest BCUT2D eigenvalue weighted by molar-refractivity contribution is 0.0492. The fraction of sp³-hybridized carbons (Fsp3) is 0.522. The van der Waals surface area contributed by atoms with E-state index in [1.54, 1.807) is 6.20 Å². The lowest BCUT2D eigenvalue weighted by atomic mass is 9.72. The average Bonchev–Trinajstić information content (AvgIpc) is 2.61. The Hall–Kier alpha value is -2.23. The molecule has 1 aromatic heterocycles. The van der Waals surface area contributed by atoms with Crippen LogP contribution in [0.1, 0.15) is 82.9 Å². The fourth-order valence-corrected chi connectivity index (χ4v) is 3.41. The van der Waals surface area contributed by atoms with E-state index in [0.29, 0.717) is 6.61 Å². The largest absolute Gasteiger partial charge is 0.461 e. The number of nitrogens with zero attached hydrogens (tertiary/aromatic N) is 2. The first-order valence-corrected chi connectivity index (χ1v) is 9.89. The second-order valence-corrected chi connectivity index (χ2v) is 7.97. The first kappa shape index (κ1) is 21.1. The molecule has 0 aliphatic heterocycles. The van der Waals surface area contributed by atoms with Gasteiger partial charge in [0.25, 0.3) is 0 Å². The molecule has 27 heavy (non-hydrogen) atoms. The number of unbranched alkanes of at least 4 members (excludes halogenated alkanes) is 1. The quantitative estimate of drug-likeness (QED) is 0.340. The Morgan fingerprint density at radius 2 is 2.07 bits per heavy atom. The molecule has 4 heteroatoms. The van der Waals surface area contributed by atoms with Crippen molar-refractivity contribution in [1.82, 2.24) is 9.97 Å². The van der Waals surface area contributed by atoms with Gasteiger partial charge in [0.15, 0.2) is 5.69 Å². The predicted molar refractivity (Wildman–Crippen MR) is 110 cm³/mol. The number of carbonyl (C=O) groups excluding carboxylic acids is 1. The average molecular weight is 369 g/mol. The minimum Gasteiger partial charge on any atom is -0.461 e. The Balaban J connectivity index is 2.04. The van der Waals surface area contributed by atoms with Crippen LogP contribution in [-0.4, -0.2) is 22.5 Å². The fourth-order valence-electron chi connectivity index (χ4n) is 3.41. The van der Waals surface area contributed by atoms with Gasteiger partial charge in [0.1, 0.15) is 0 Å². The van der Waals surface area contributed by atoms with Crippen molar-refractivity contribution in [3.63, 3.8) is 0 Å². The van der Waals surface area contributed by atoms with E-state index in [-0.39, 0.29) is 11.1 Å². The summed E-state index contributed by atoms with van der Waals surface area (Å²) in [6.07, 6.45) is 15.0. The number of esters is 1. The molecule has 1 aliphatic rings. The van der Waals surface area contributed by atoms with E-state index in [1.807, 2.05) is 6.08 Å². The maximum absolute atomic E-state index is 11.9. The Labute approximate surface area is 163 Å². The summed E-state index contributed by atoms with van der Waals surface area (Å²) in [5.41, 5.74) is 5.25. The number of carbonyl (C=O) groups is 1. The molecule has 0 atom stereocenters. The Kier molecular flexibility index (Phi) is 7.52. The topological polar surface area (TPSA) is 52.1 Å². The smallest absolute Gasteiger partial charge is 0.358 e. The van der Waals surface area contributed by atoms with Crippen molar-refractivity contribution >= 4 is 12.0 Å². The third-order valence-corrected chi connectivity index (χ3v) is 5.04. The van der Waals surface area contributed by atoms with Crippen LogP contribution in [-0.2, 0) is 4.74 Å². The maximum atomic E-state index is 11.9. The molecule has 0 radical (unpaired) electrons. The van der Waals surface area contributed by atoms with Gasteiger partial charge in [-0.1, -0.05) is 44.9 Å². The molecule has 1 heterocycles. The van der Waals surface area contributed by atoms with Gasteiger partial charge in [0.2, 0.25) is 0 Å². The molecule has 0 bridgehead atoms. The molecule has 1 aliphatic carbocycles. The second-order valence-electron chi connectivity index (χ2n) is 7.97. The van der Waals surface area contributed by atoms with Gasteiger partial charge >= 0.3 is 5.97 Å². The summed E-state index contributed by atoms with van der Waals surface area (Å²) in [4.78, 5) is 20.4. The summed E-state index contributed by atoms with van der Waals surface area (Å²) in [5, 5.41) is 0. The van der Waals surface area contributed by atoms with E-state index < -0.39 is 5.97 Å². The Morgan fingerprint density at radius 1 is 1.30 bits per heavy atom. The van der Waals surface area contributed by atoms with Gasteiger partial charge in [-0.15, -0.1) is 0 Å². The highest BCUT2D eigenvalue weighted by Gasteiger charge is 2.26. The number of aromatic nitrogens is 2. The highest BCUT2D eigenvalue weighted by molar-refractivity contribution is 5.86. The van der Waals surface area contributed by atoms with Gasteiger partial charge in [0, 0.05) is 0 Å². The van der Waals surface area contributed by atoms with E-state index in [2.05, 4.69) is 56.7 Å². The molecule has 0 spiro atoms. The van der Waals surface area contributed by atoms with Gasteiger partial charge in [-0.3, -0.25) is 4.98 Å². The van der Waals surface area contributed by atoms with Crippen LogP contribution in [0, 0.1) is 5.41 Å². The van der Waals surface area contributed by atoms with E-state index >= 15 is 0 Å². The summed E-state index contributed by atoms with van der Waals surface area (Å²) in [5.74, 6) is -0.412. The summed E-state index contributed by atoms with van der Waals surface area (Å²) >= 11 is 0. The van der Waals surface area contributed by atoms with Crippen molar-refractivity contribution in [3.8, 4) is 0 Å². The molecule has 1 aromatic rings. The molecule has 2 rings (SSSR count). The SMILES string of the molecule is CCCCOC(=O)c1cnc(C=C(C)C=CC2=C(C)CCCC2(C)C)cn1. The number of ether oxygens (including phenoxy) is 1. The zero-order chi connectivity index (χ0) is 19.9. The molecule has 0 aromatic carbocycles. The van der Waals surface area contributed by atoms with Crippen molar-refractivity contribution in [2.45, 2.75) is 66.7 Å². The lowest BCUT2D eigenvalue weighted by Gasteiger charge is -2.32. The van der Waals surface area contributed by atoms with E-state index in [1.165, 1.54) is 36.6 Å². The van der Waals surface area contributed by atoms with Gasteiger partial charge < -0.3 is 4.74 Å². The Bertz CT molecular complexity index is 740. The van der Waals surface area contributed by atoms with E-state index in [9.17, 15) is 4.79 Å². The molecule has 0 amide bonds. The number of allylic oxidation sites excluding steroid dienone is 5. The van der Waals surface area contributed by atoms with Crippen LogP contribution >= 0.6 is 0 Å². The van der Waals surface area contributed by atoms with Crippen LogP contribution in [0.2, 0.25) is 0 Å². The van der Waals surface area contributed by atoms with Crippen LogP contribution in [0.3, 0.4) is 0 Å². The van der Waals surface area contributed by atoms with Crippen LogP contribution in [0.15, 0.2) is 41.3 Å². The third-order valence-electron chi connectivity index (χ3n) is 5.04. The number of rotatable bonds is 7. The summed E-state index contributed by atoms with van der Waals surface area (Å²) in [6, 6.07) is 0. The third kappa shape index (κ3) is 6.16. The monoisotopic (exact) mass is 368 g/mol. The number of hydrogen-bond acceptors (Lipinski definition) is 4. The highest BCUT2D eigenvalue weighted by atomic mass is 16.5. The zero-order valence-corrected chi connectivity index (χ0v) is 17.3. The standard InChI is InChI=1S/C23H32N2O2/c1-6-7-13-27-22(26)21-16-24-19(15-25-21)14-17(2)10-11-20-18(3)9-8-12-23(20,4)5/h10-11,14-16H,6-9,12-13H2,1-5H3. The molecule has 0 N–H and O–H groups in total. The molecule has 4 nitrogen and oxygen atoms in total. The van der Waals surface area contributed by atoms with Crippen molar-refractivity contribution in [2.75, 3.05) is 6.61 Å². The van der Waals surface area contributed by atoms with Crippen molar-refractivity contribution < 1.29 is 9.53 Å². The predicted octanol–water partition coefficient (Wildman–Crippen LogP) is 5.92.